The molecule has 15 heavy (non-hydrogen) atoms. The van der Waals surface area contributed by atoms with Crippen LogP contribution in [-0.2, 0) is 0 Å². The average Bonchev–Trinajstić information content (AvgIpc) is 2.80. The molecular formula is C12H19N3. The summed E-state index contributed by atoms with van der Waals surface area (Å²) >= 11 is 0. The largest absolute Gasteiger partial charge is 0.330 e. The number of aromatic nitrogens is 2. The van der Waals surface area contributed by atoms with Gasteiger partial charge >= 0.3 is 0 Å². The van der Waals surface area contributed by atoms with Crippen molar-refractivity contribution in [2.75, 3.05) is 6.54 Å². The number of rotatable bonds is 3. The van der Waals surface area contributed by atoms with Gasteiger partial charge in [0.15, 0.2) is 0 Å². The summed E-state index contributed by atoms with van der Waals surface area (Å²) in [5, 5.41) is 3.55. The van der Waals surface area contributed by atoms with Gasteiger partial charge in [-0.15, -0.1) is 0 Å². The van der Waals surface area contributed by atoms with E-state index < -0.39 is 0 Å². The first kappa shape index (κ1) is 9.40. The molecule has 1 N–H and O–H groups in total. The first-order valence-corrected chi connectivity index (χ1v) is 6.11. The summed E-state index contributed by atoms with van der Waals surface area (Å²) in [6.07, 6.45) is 9.42. The second-order valence-electron chi connectivity index (χ2n) is 4.95. The molecule has 1 saturated heterocycles. The third-order valence-corrected chi connectivity index (χ3v) is 3.86. The smallest absolute Gasteiger partial charge is 0.0951 e. The van der Waals surface area contributed by atoms with Gasteiger partial charge in [0.2, 0.25) is 0 Å². The molecule has 1 aliphatic heterocycles. The van der Waals surface area contributed by atoms with E-state index in [9.17, 15) is 0 Å². The zero-order valence-corrected chi connectivity index (χ0v) is 9.32. The molecule has 1 saturated carbocycles. The van der Waals surface area contributed by atoms with Crippen LogP contribution in [0.25, 0.3) is 0 Å². The van der Waals surface area contributed by atoms with Gasteiger partial charge in [-0.05, 0) is 45.1 Å². The number of hydrogen-bond acceptors (Lipinski definition) is 2. The van der Waals surface area contributed by atoms with Crippen LogP contribution in [0.4, 0.5) is 0 Å². The minimum atomic E-state index is 0.550. The number of imidazole rings is 1. The minimum Gasteiger partial charge on any atom is -0.330 e. The number of nitrogens with one attached hydrogen (secondary N) is 1. The normalized spacial score (nSPS) is 28.2. The molecule has 2 atom stereocenters. The number of hydrogen-bond donors (Lipinski definition) is 1. The fraction of sp³-hybridized carbons (Fsp3) is 0.750. The van der Waals surface area contributed by atoms with Gasteiger partial charge in [-0.3, -0.25) is 0 Å². The lowest BCUT2D eigenvalue weighted by molar-refractivity contribution is 0.448. The Morgan fingerprint density at radius 1 is 1.47 bits per heavy atom. The van der Waals surface area contributed by atoms with E-state index in [1.807, 2.05) is 12.5 Å². The summed E-state index contributed by atoms with van der Waals surface area (Å²) in [6.45, 7) is 3.49. The minimum absolute atomic E-state index is 0.550. The monoisotopic (exact) mass is 205 g/mol. The molecule has 2 aliphatic rings. The second kappa shape index (κ2) is 3.63. The average molecular weight is 205 g/mol. The van der Waals surface area contributed by atoms with Crippen molar-refractivity contribution in [3.05, 3.63) is 18.2 Å². The third kappa shape index (κ3) is 1.69. The molecule has 1 aliphatic carbocycles. The Morgan fingerprint density at radius 2 is 2.33 bits per heavy atom. The van der Waals surface area contributed by atoms with Gasteiger partial charge in [-0.25, -0.2) is 4.98 Å². The fourth-order valence-electron chi connectivity index (χ4n) is 2.67. The van der Waals surface area contributed by atoms with Crippen LogP contribution >= 0.6 is 0 Å². The van der Waals surface area contributed by atoms with E-state index in [1.165, 1.54) is 31.4 Å². The van der Waals surface area contributed by atoms with Crippen molar-refractivity contribution in [3.63, 3.8) is 0 Å². The Bertz CT molecular complexity index is 318. The first-order chi connectivity index (χ1) is 7.36. The van der Waals surface area contributed by atoms with Crippen LogP contribution in [0, 0.1) is 5.92 Å². The van der Waals surface area contributed by atoms with Crippen LogP contribution in [0.3, 0.4) is 0 Å². The maximum atomic E-state index is 4.32. The van der Waals surface area contributed by atoms with Gasteiger partial charge in [0.05, 0.1) is 12.0 Å². The molecule has 2 fully saturated rings. The molecule has 0 spiro atoms. The zero-order chi connectivity index (χ0) is 10.3. The van der Waals surface area contributed by atoms with E-state index >= 15 is 0 Å². The van der Waals surface area contributed by atoms with Crippen molar-refractivity contribution in [2.24, 2.45) is 5.92 Å². The van der Waals surface area contributed by atoms with Crippen molar-refractivity contribution in [3.8, 4) is 0 Å². The highest BCUT2D eigenvalue weighted by Gasteiger charge is 2.31. The first-order valence-electron chi connectivity index (χ1n) is 6.11. The van der Waals surface area contributed by atoms with E-state index in [0.717, 1.165) is 12.5 Å². The Morgan fingerprint density at radius 3 is 3.00 bits per heavy atom. The predicted molar refractivity (Wildman–Crippen MR) is 59.6 cm³/mol. The predicted octanol–water partition coefficient (Wildman–Crippen LogP) is 2.28. The van der Waals surface area contributed by atoms with Gasteiger partial charge in [0, 0.05) is 18.3 Å². The van der Waals surface area contributed by atoms with Crippen molar-refractivity contribution in [1.82, 2.24) is 14.9 Å². The summed E-state index contributed by atoms with van der Waals surface area (Å²) in [7, 11) is 0. The molecule has 3 heteroatoms. The molecule has 1 aromatic rings. The van der Waals surface area contributed by atoms with Crippen LogP contribution in [0.5, 0.6) is 0 Å². The molecule has 0 bridgehead atoms. The summed E-state index contributed by atoms with van der Waals surface area (Å²) in [4.78, 5) is 4.32. The molecule has 0 amide bonds. The van der Waals surface area contributed by atoms with Gasteiger partial charge in [-0.2, -0.15) is 0 Å². The van der Waals surface area contributed by atoms with Gasteiger partial charge in [0.25, 0.3) is 0 Å². The lowest BCUT2D eigenvalue weighted by Gasteiger charge is -2.19. The van der Waals surface area contributed by atoms with E-state index in [2.05, 4.69) is 21.8 Å². The van der Waals surface area contributed by atoms with E-state index in [-0.39, 0.29) is 0 Å². The van der Waals surface area contributed by atoms with Crippen molar-refractivity contribution < 1.29 is 0 Å². The Kier molecular flexibility index (Phi) is 2.28. The van der Waals surface area contributed by atoms with E-state index in [1.54, 1.807) is 0 Å². The molecule has 0 radical (unpaired) electrons. The Labute approximate surface area is 90.9 Å². The molecule has 82 valence electrons. The zero-order valence-electron chi connectivity index (χ0n) is 9.32. The number of nitrogens with zero attached hydrogens (tertiary/aromatic N) is 2. The summed E-state index contributed by atoms with van der Waals surface area (Å²) in [5.41, 5.74) is 1.40. The lowest BCUT2D eigenvalue weighted by Crippen LogP contribution is -2.19. The van der Waals surface area contributed by atoms with Crippen LogP contribution < -0.4 is 5.32 Å². The SMILES string of the molecule is CC(C1CC1)n1cncc1[C@@H]1CCCN1. The van der Waals surface area contributed by atoms with Gasteiger partial charge in [-0.1, -0.05) is 0 Å². The van der Waals surface area contributed by atoms with Crippen LogP contribution in [0.15, 0.2) is 12.5 Å². The van der Waals surface area contributed by atoms with Gasteiger partial charge < -0.3 is 9.88 Å². The highest BCUT2D eigenvalue weighted by atomic mass is 15.1. The van der Waals surface area contributed by atoms with Crippen LogP contribution in [-0.4, -0.2) is 16.1 Å². The quantitative estimate of drug-likeness (QED) is 0.820. The Balaban J connectivity index is 1.84. The maximum absolute atomic E-state index is 4.32. The molecule has 1 unspecified atom stereocenters. The standard InChI is InChI=1S/C12H19N3/c1-9(10-4-5-10)15-8-13-7-12(15)11-3-2-6-14-11/h7-11,14H,2-6H2,1H3/t9?,11-/m0/s1. The van der Waals surface area contributed by atoms with E-state index in [4.69, 9.17) is 0 Å². The van der Waals surface area contributed by atoms with Gasteiger partial charge in [0.1, 0.15) is 0 Å². The summed E-state index contributed by atoms with van der Waals surface area (Å²) < 4.78 is 2.39. The molecule has 0 aromatic carbocycles. The molecule has 1 aromatic heterocycles. The Hall–Kier alpha value is -0.830. The molecule has 3 rings (SSSR count). The summed E-state index contributed by atoms with van der Waals surface area (Å²) in [6, 6.07) is 1.19. The van der Waals surface area contributed by atoms with Crippen molar-refractivity contribution in [2.45, 2.75) is 44.7 Å². The molecule has 3 nitrogen and oxygen atoms in total. The lowest BCUT2D eigenvalue weighted by atomic mass is 10.1. The highest BCUT2D eigenvalue weighted by molar-refractivity contribution is 5.09. The molecular weight excluding hydrogens is 186 g/mol. The van der Waals surface area contributed by atoms with E-state index in [0.29, 0.717) is 12.1 Å². The summed E-state index contributed by atoms with van der Waals surface area (Å²) in [5.74, 6) is 0.902. The topological polar surface area (TPSA) is 29.9 Å². The van der Waals surface area contributed by atoms with Crippen LogP contribution in [0.1, 0.15) is 50.4 Å². The third-order valence-electron chi connectivity index (χ3n) is 3.86. The highest BCUT2D eigenvalue weighted by Crippen LogP contribution is 2.40. The fourth-order valence-corrected chi connectivity index (χ4v) is 2.67. The van der Waals surface area contributed by atoms with Crippen molar-refractivity contribution >= 4 is 0 Å². The molecule has 2 heterocycles. The van der Waals surface area contributed by atoms with Crippen molar-refractivity contribution in [1.29, 1.82) is 0 Å². The maximum Gasteiger partial charge on any atom is 0.0951 e. The second-order valence-corrected chi connectivity index (χ2v) is 4.95. The van der Waals surface area contributed by atoms with Crippen LogP contribution in [0.2, 0.25) is 0 Å².